The van der Waals surface area contributed by atoms with Crippen LogP contribution < -0.4 is 16.9 Å². The van der Waals surface area contributed by atoms with Crippen molar-refractivity contribution in [3.8, 4) is 0 Å². The number of aliphatic hydroxyl groups excluding tert-OH is 2. The minimum atomic E-state index is -5.59. The number of hydrogen-bond donors (Lipinski definition) is 7. The lowest BCUT2D eigenvalue weighted by Crippen LogP contribution is -2.36. The zero-order chi connectivity index (χ0) is 22.2. The molecule has 20 heteroatoms. The Bertz CT molecular complexity index is 948. The van der Waals surface area contributed by atoms with Gasteiger partial charge in [-0.3, -0.25) is 9.09 Å². The summed E-state index contributed by atoms with van der Waals surface area (Å²) in [4.78, 5) is 42.4. The summed E-state index contributed by atoms with van der Waals surface area (Å²) in [6.45, 7) is -0.987. The number of anilines is 1. The van der Waals surface area contributed by atoms with Crippen LogP contribution in [-0.2, 0) is 31.6 Å². The Morgan fingerprint density at radius 3 is 2.31 bits per heavy atom. The summed E-state index contributed by atoms with van der Waals surface area (Å²) in [7, 11) is -16.0. The highest BCUT2D eigenvalue weighted by molar-refractivity contribution is 7.67. The van der Waals surface area contributed by atoms with Crippen molar-refractivity contribution in [1.29, 1.82) is 0 Å². The van der Waals surface area contributed by atoms with E-state index in [0.29, 0.717) is 0 Å². The maximum Gasteiger partial charge on any atom is 0.489 e. The van der Waals surface area contributed by atoms with Gasteiger partial charge in [0.15, 0.2) is 6.23 Å². The normalized spacial score (nSPS) is 31.0. The molecule has 2 heterocycles. The molecule has 1 saturated heterocycles. The highest BCUT2D eigenvalue weighted by atomic mass is 31.3. The zero-order valence-electron chi connectivity index (χ0n) is 14.1. The second-order valence-corrected chi connectivity index (χ2v) is 10.1. The van der Waals surface area contributed by atoms with Crippen LogP contribution in [0.3, 0.4) is 0 Å². The first kappa shape index (κ1) is 24.2. The Hall–Kier alpha value is -1.03. The van der Waals surface area contributed by atoms with Crippen molar-refractivity contribution >= 4 is 29.2 Å². The molecule has 1 aromatic heterocycles. The number of phosphoric ester groups is 1. The third-order valence-electron chi connectivity index (χ3n) is 3.29. The summed E-state index contributed by atoms with van der Waals surface area (Å²) in [5.74, 6) is -0.113. The molecule has 3 unspecified atom stereocenters. The topological polar surface area (TPSA) is 276 Å². The van der Waals surface area contributed by atoms with E-state index in [4.69, 9.17) is 20.3 Å². The second-order valence-electron chi connectivity index (χ2n) is 5.55. The van der Waals surface area contributed by atoms with Gasteiger partial charge in [0.2, 0.25) is 0 Å². The average Bonchev–Trinajstić information content (AvgIpc) is 2.78. The van der Waals surface area contributed by atoms with E-state index in [0.717, 1.165) is 10.8 Å². The molecular weight excluding hydrogens is 465 g/mol. The van der Waals surface area contributed by atoms with Crippen LogP contribution in [0.2, 0.25) is 0 Å². The Morgan fingerprint density at radius 2 is 1.76 bits per heavy atom. The molecule has 29 heavy (non-hydrogen) atoms. The number of nitrogens with zero attached hydrogens (tertiary/aromatic N) is 2. The van der Waals surface area contributed by atoms with Crippen molar-refractivity contribution in [2.24, 2.45) is 5.50 Å². The summed E-state index contributed by atoms with van der Waals surface area (Å²) in [5, 5.41) is 20.0. The molecule has 0 spiro atoms. The fourth-order valence-corrected chi connectivity index (χ4v) is 5.34. The number of aliphatic hydroxyl groups is 2. The van der Waals surface area contributed by atoms with E-state index in [1.54, 1.807) is 0 Å². The number of aromatic nitrogens is 2. The van der Waals surface area contributed by atoms with Gasteiger partial charge in [-0.15, -0.1) is 0 Å². The minimum Gasteiger partial charge on any atom is -0.387 e. The van der Waals surface area contributed by atoms with Crippen molar-refractivity contribution < 1.29 is 56.5 Å². The van der Waals surface area contributed by atoms with Gasteiger partial charge in [0, 0.05) is 6.20 Å². The first-order valence-corrected chi connectivity index (χ1v) is 11.9. The average molecular weight is 482 g/mol. The first-order chi connectivity index (χ1) is 13.1. The van der Waals surface area contributed by atoms with Crippen molar-refractivity contribution in [3.63, 3.8) is 0 Å². The summed E-state index contributed by atoms with van der Waals surface area (Å²) in [6, 6.07) is 1.21. The molecule has 0 aromatic carbocycles. The molecule has 166 valence electrons. The highest BCUT2D eigenvalue weighted by Crippen LogP contribution is 2.65. The molecular formula is C9H17N4O13P3. The van der Waals surface area contributed by atoms with Crippen LogP contribution in [0.5, 0.6) is 0 Å². The van der Waals surface area contributed by atoms with Crippen LogP contribution >= 0.6 is 23.4 Å². The quantitative estimate of drug-likeness (QED) is 0.193. The summed E-state index contributed by atoms with van der Waals surface area (Å²) in [5.41, 5.74) is 8.89. The highest BCUT2D eigenvalue weighted by Gasteiger charge is 2.46. The molecule has 1 aliphatic rings. The van der Waals surface area contributed by atoms with Gasteiger partial charge in [0.25, 0.3) is 0 Å². The Labute approximate surface area is 161 Å². The summed E-state index contributed by atoms with van der Waals surface area (Å²) >= 11 is 0. The third kappa shape index (κ3) is 6.73. The van der Waals surface area contributed by atoms with Gasteiger partial charge < -0.3 is 35.4 Å². The van der Waals surface area contributed by atoms with E-state index in [1.165, 1.54) is 6.07 Å². The molecule has 0 bridgehead atoms. The van der Waals surface area contributed by atoms with Gasteiger partial charge in [-0.25, -0.2) is 24.0 Å². The maximum absolute atomic E-state index is 11.8. The Balaban J connectivity index is 2.05. The Kier molecular flexibility index (Phi) is 7.20. The van der Waals surface area contributed by atoms with E-state index in [9.17, 15) is 33.6 Å². The molecule has 0 aliphatic carbocycles. The molecule has 9 N–H and O–H groups in total. The number of ether oxygens (including phenoxy) is 1. The van der Waals surface area contributed by atoms with E-state index in [1.807, 2.05) is 0 Å². The molecule has 17 nitrogen and oxygen atoms in total. The third-order valence-corrected chi connectivity index (χ3v) is 7.18. The van der Waals surface area contributed by atoms with Crippen molar-refractivity contribution in [3.05, 3.63) is 22.7 Å². The molecule has 7 atom stereocenters. The van der Waals surface area contributed by atoms with Crippen LogP contribution in [0.15, 0.2) is 17.1 Å². The second kappa shape index (κ2) is 8.61. The standard InChI is InChI=1S/C9H17N4O13P3/c10-5-1-2-13(9(16)12-5)8-7(15)6(14)4(24-8)3-23-28(19,20)26-29(21,22)25-27(11,17)18/h1-2,4,6-8,14-15H,3H2,(H,19,20)(H,21,22)(H2,10,12,16)(H3,11,17,18)/t4-,6-,7-,8-/m1/s1. The minimum absolute atomic E-state index is 0.113. The number of hydrogen-bond acceptors (Lipinski definition) is 12. The van der Waals surface area contributed by atoms with Crippen LogP contribution in [-0.4, -0.2) is 59.4 Å². The summed E-state index contributed by atoms with van der Waals surface area (Å²) < 4.78 is 51.5. The van der Waals surface area contributed by atoms with Crippen LogP contribution in [0.4, 0.5) is 5.82 Å². The summed E-state index contributed by atoms with van der Waals surface area (Å²) in [6.07, 6.45) is -5.30. The first-order valence-electron chi connectivity index (χ1n) is 7.31. The molecule has 1 fully saturated rings. The molecule has 0 amide bonds. The van der Waals surface area contributed by atoms with E-state index in [-0.39, 0.29) is 5.82 Å². The fourth-order valence-electron chi connectivity index (χ4n) is 2.20. The van der Waals surface area contributed by atoms with Gasteiger partial charge in [-0.05, 0) is 6.07 Å². The van der Waals surface area contributed by atoms with Gasteiger partial charge in [-0.1, -0.05) is 0 Å². The molecule has 0 radical (unpaired) electrons. The molecule has 0 saturated carbocycles. The lowest BCUT2D eigenvalue weighted by Gasteiger charge is -2.19. The molecule has 1 aromatic rings. The van der Waals surface area contributed by atoms with Crippen molar-refractivity contribution in [1.82, 2.24) is 9.55 Å². The van der Waals surface area contributed by atoms with Gasteiger partial charge in [-0.2, -0.15) is 13.6 Å². The number of phosphoric acid groups is 2. The van der Waals surface area contributed by atoms with Crippen LogP contribution in [0.1, 0.15) is 6.23 Å². The van der Waals surface area contributed by atoms with Crippen LogP contribution in [0, 0.1) is 0 Å². The molecule has 1 aliphatic heterocycles. The van der Waals surface area contributed by atoms with Gasteiger partial charge in [0.1, 0.15) is 24.1 Å². The number of rotatable bonds is 8. The predicted molar refractivity (Wildman–Crippen MR) is 90.6 cm³/mol. The number of nitrogen functional groups attached to an aromatic ring is 1. The van der Waals surface area contributed by atoms with Gasteiger partial charge in [0.05, 0.1) is 6.61 Å². The molecule has 2 rings (SSSR count). The van der Waals surface area contributed by atoms with Crippen molar-refractivity contribution in [2.45, 2.75) is 24.5 Å². The monoisotopic (exact) mass is 482 g/mol. The lowest BCUT2D eigenvalue weighted by molar-refractivity contribution is -0.0541. The maximum atomic E-state index is 11.8. The SMILES string of the molecule is Nc1ccn([C@@H]2O[C@H](COP(=O)(O)OP(=O)(O)OP(N)(=O)O)[C@@H](O)[C@H]2O)c(=O)n1. The van der Waals surface area contributed by atoms with Gasteiger partial charge >= 0.3 is 29.1 Å². The fraction of sp³-hybridized carbons (Fsp3) is 0.556. The number of nitrogens with two attached hydrogens (primary N) is 2. The van der Waals surface area contributed by atoms with E-state index >= 15 is 0 Å². The van der Waals surface area contributed by atoms with Crippen molar-refractivity contribution in [2.75, 3.05) is 12.3 Å². The Morgan fingerprint density at radius 1 is 1.14 bits per heavy atom. The van der Waals surface area contributed by atoms with E-state index < -0.39 is 60.2 Å². The predicted octanol–water partition coefficient (Wildman–Crippen LogP) is -2.25. The lowest BCUT2D eigenvalue weighted by atomic mass is 10.1. The van der Waals surface area contributed by atoms with Crippen LogP contribution in [0.25, 0.3) is 0 Å². The largest absolute Gasteiger partial charge is 0.489 e. The smallest absolute Gasteiger partial charge is 0.387 e. The van der Waals surface area contributed by atoms with E-state index in [2.05, 4.69) is 23.6 Å². The zero-order valence-corrected chi connectivity index (χ0v) is 16.7.